The lowest BCUT2D eigenvalue weighted by Crippen LogP contribution is -2.47. The Bertz CT molecular complexity index is 2590. The fraction of sp³-hybridized carbons (Fsp3) is 0.159. The Morgan fingerprint density at radius 2 is 1.54 bits per heavy atom. The van der Waals surface area contributed by atoms with Gasteiger partial charge in [-0.05, 0) is 72.5 Å². The molecule has 0 saturated heterocycles. The van der Waals surface area contributed by atoms with Gasteiger partial charge in [-0.3, -0.25) is 33.7 Å². The van der Waals surface area contributed by atoms with E-state index >= 15 is 0 Å². The summed E-state index contributed by atoms with van der Waals surface area (Å²) < 4.78 is 18.1. The van der Waals surface area contributed by atoms with E-state index in [1.54, 1.807) is 41.1 Å². The molecule has 13 heteroatoms. The maximum absolute atomic E-state index is 14.1. The average Bonchev–Trinajstić information content (AvgIpc) is 3.91. The van der Waals surface area contributed by atoms with Crippen LogP contribution in [0.1, 0.15) is 59.2 Å². The molecule has 57 heavy (non-hydrogen) atoms. The van der Waals surface area contributed by atoms with Gasteiger partial charge in [0.2, 0.25) is 0 Å². The Morgan fingerprint density at radius 1 is 0.789 bits per heavy atom. The van der Waals surface area contributed by atoms with E-state index in [9.17, 15) is 23.6 Å². The van der Waals surface area contributed by atoms with Gasteiger partial charge in [-0.15, -0.1) is 5.10 Å². The lowest BCUT2D eigenvalue weighted by Gasteiger charge is -2.24. The van der Waals surface area contributed by atoms with E-state index in [1.807, 2.05) is 36.5 Å². The summed E-state index contributed by atoms with van der Waals surface area (Å²) in [6.45, 7) is 1.24. The Morgan fingerprint density at radius 3 is 2.33 bits per heavy atom. The molecule has 12 nitrogen and oxygen atoms in total. The van der Waals surface area contributed by atoms with Crippen LogP contribution in [0.2, 0.25) is 0 Å². The first-order valence-corrected chi connectivity index (χ1v) is 18.6. The molecule has 4 heterocycles. The molecule has 0 aliphatic carbocycles. The van der Waals surface area contributed by atoms with Crippen molar-refractivity contribution < 1.29 is 23.6 Å². The Labute approximate surface area is 327 Å². The highest BCUT2D eigenvalue weighted by molar-refractivity contribution is 6.21. The molecular formula is C44H37FN8O4. The second-order valence-corrected chi connectivity index (χ2v) is 13.8. The van der Waals surface area contributed by atoms with Gasteiger partial charge < -0.3 is 15.2 Å². The van der Waals surface area contributed by atoms with Crippen molar-refractivity contribution >= 4 is 34.5 Å². The maximum Gasteiger partial charge on any atom is 0.269 e. The van der Waals surface area contributed by atoms with Gasteiger partial charge in [0.05, 0.1) is 29.9 Å². The number of benzene rings is 4. The predicted octanol–water partition coefficient (Wildman–Crippen LogP) is 5.94. The molecule has 0 fully saturated rings. The summed E-state index contributed by atoms with van der Waals surface area (Å²) in [6.07, 6.45) is 3.98. The zero-order chi connectivity index (χ0) is 39.3. The van der Waals surface area contributed by atoms with Gasteiger partial charge in [0.25, 0.3) is 23.6 Å². The first kappa shape index (κ1) is 36.7. The molecular weight excluding hydrogens is 724 g/mol. The van der Waals surface area contributed by atoms with E-state index in [0.29, 0.717) is 31.6 Å². The summed E-state index contributed by atoms with van der Waals surface area (Å²) in [5.41, 5.74) is 5.45. The maximum atomic E-state index is 14.1. The number of fused-ring (bicyclic) bond motifs is 2. The molecule has 1 aliphatic heterocycles. The van der Waals surface area contributed by atoms with Crippen LogP contribution in [-0.4, -0.2) is 72.2 Å². The highest BCUT2D eigenvalue weighted by Gasteiger charge is 2.36. The van der Waals surface area contributed by atoms with Crippen LogP contribution in [0.5, 0.6) is 0 Å². The summed E-state index contributed by atoms with van der Waals surface area (Å²) >= 11 is 0. The summed E-state index contributed by atoms with van der Waals surface area (Å²) in [5.74, 6) is -2.39. The van der Waals surface area contributed by atoms with Gasteiger partial charge in [0, 0.05) is 48.0 Å². The third kappa shape index (κ3) is 8.08. The monoisotopic (exact) mass is 760 g/mol. The average molecular weight is 761 g/mol. The molecule has 7 aromatic rings. The predicted molar refractivity (Wildman–Crippen MR) is 211 cm³/mol. The van der Waals surface area contributed by atoms with Crippen LogP contribution in [0.3, 0.4) is 0 Å². The van der Waals surface area contributed by atoms with Gasteiger partial charge >= 0.3 is 0 Å². The fourth-order valence-electron chi connectivity index (χ4n) is 7.14. The molecule has 2 N–H and O–H groups in total. The van der Waals surface area contributed by atoms with E-state index in [4.69, 9.17) is 0 Å². The minimum absolute atomic E-state index is 0.0425. The number of pyridine rings is 1. The highest BCUT2D eigenvalue weighted by atomic mass is 19.1. The number of nitrogens with zero attached hydrogens (tertiary/aromatic N) is 6. The van der Waals surface area contributed by atoms with Crippen LogP contribution in [0, 0.1) is 5.82 Å². The number of rotatable bonds is 14. The Hall–Kier alpha value is -7.28. The Kier molecular flexibility index (Phi) is 10.4. The molecule has 0 spiro atoms. The van der Waals surface area contributed by atoms with Crippen molar-refractivity contribution in [2.75, 3.05) is 13.1 Å². The largest absolute Gasteiger partial charge is 0.351 e. The number of aromatic nitrogens is 5. The van der Waals surface area contributed by atoms with Crippen molar-refractivity contribution in [3.63, 3.8) is 0 Å². The van der Waals surface area contributed by atoms with Crippen LogP contribution >= 0.6 is 0 Å². The molecule has 4 amide bonds. The minimum Gasteiger partial charge on any atom is -0.351 e. The number of halogens is 1. The zero-order valence-corrected chi connectivity index (χ0v) is 30.7. The first-order valence-electron chi connectivity index (χ1n) is 18.6. The van der Waals surface area contributed by atoms with E-state index in [2.05, 4.69) is 60.8 Å². The first-order chi connectivity index (χ1) is 27.8. The van der Waals surface area contributed by atoms with Crippen molar-refractivity contribution in [2.45, 2.75) is 32.0 Å². The second kappa shape index (κ2) is 16.2. The summed E-state index contributed by atoms with van der Waals surface area (Å²) in [6, 6.07) is 35.2. The molecule has 3 aromatic heterocycles. The van der Waals surface area contributed by atoms with Crippen molar-refractivity contribution in [3.8, 4) is 11.3 Å². The van der Waals surface area contributed by atoms with E-state index in [1.165, 1.54) is 30.5 Å². The number of hydrogen-bond acceptors (Lipinski definition) is 7. The van der Waals surface area contributed by atoms with Crippen molar-refractivity contribution in [3.05, 3.63) is 173 Å². The Balaban J connectivity index is 0.878. The summed E-state index contributed by atoms with van der Waals surface area (Å²) in [7, 11) is 0. The third-order valence-electron chi connectivity index (χ3n) is 9.88. The number of carbonyl (C=O) groups excluding carboxylic acids is 4. The van der Waals surface area contributed by atoms with Crippen LogP contribution < -0.4 is 10.6 Å². The van der Waals surface area contributed by atoms with Gasteiger partial charge in [0.15, 0.2) is 0 Å². The zero-order valence-electron chi connectivity index (χ0n) is 30.7. The van der Waals surface area contributed by atoms with E-state index in [-0.39, 0.29) is 35.3 Å². The van der Waals surface area contributed by atoms with Gasteiger partial charge in [-0.2, -0.15) is 0 Å². The smallest absolute Gasteiger partial charge is 0.269 e. The summed E-state index contributed by atoms with van der Waals surface area (Å²) in [5, 5.41) is 15.6. The van der Waals surface area contributed by atoms with Crippen LogP contribution in [-0.2, 0) is 19.5 Å². The number of amides is 4. The number of imide groups is 1. The van der Waals surface area contributed by atoms with Crippen molar-refractivity contribution in [2.24, 2.45) is 0 Å². The quantitative estimate of drug-likeness (QED) is 0.103. The number of para-hydroxylation sites is 1. The summed E-state index contributed by atoms with van der Waals surface area (Å²) in [4.78, 5) is 58.2. The number of hydrogen-bond donors (Lipinski definition) is 2. The van der Waals surface area contributed by atoms with Gasteiger partial charge in [-0.1, -0.05) is 78.0 Å². The molecule has 8 rings (SSSR count). The fourth-order valence-corrected chi connectivity index (χ4v) is 7.14. The normalized spacial score (nSPS) is 12.8. The molecule has 1 aliphatic rings. The third-order valence-corrected chi connectivity index (χ3v) is 9.88. The van der Waals surface area contributed by atoms with Crippen LogP contribution in [0.25, 0.3) is 22.2 Å². The van der Waals surface area contributed by atoms with E-state index < -0.39 is 35.5 Å². The van der Waals surface area contributed by atoms with E-state index in [0.717, 1.165) is 32.8 Å². The number of aryl methyl sites for hydroxylation is 1. The van der Waals surface area contributed by atoms with Crippen LogP contribution in [0.15, 0.2) is 134 Å². The minimum atomic E-state index is -0.766. The van der Waals surface area contributed by atoms with Crippen molar-refractivity contribution in [1.29, 1.82) is 0 Å². The molecule has 0 unspecified atom stereocenters. The molecule has 4 aromatic carbocycles. The molecule has 0 radical (unpaired) electrons. The topological polar surface area (TPSA) is 144 Å². The lowest BCUT2D eigenvalue weighted by atomic mass is 10.0. The standard InChI is InChI=1S/C44H37FN8O4/c45-33-14-8-10-29(22-33)23-34(27-53-43(56)36-15-5-6-16-37(36)44(53)57)48-41(54)32-18-20-46-38(24-32)42(55)47-19-9-21-51-26-35(49-50-51)28-52-39-17-7-4-13-31(39)25-40(52)30-11-2-1-3-12-30/h1-8,10-18,20,22,24-26,34H,9,19,21,23,27-28H2,(H,47,55)(H,48,54)/t34-/m0/s1. The van der Waals surface area contributed by atoms with Crippen LogP contribution in [0.4, 0.5) is 4.39 Å². The molecule has 0 bridgehead atoms. The number of nitrogens with one attached hydrogen (secondary N) is 2. The van der Waals surface area contributed by atoms with Gasteiger partial charge in [0.1, 0.15) is 17.2 Å². The second-order valence-electron chi connectivity index (χ2n) is 13.8. The van der Waals surface area contributed by atoms with Gasteiger partial charge in [-0.25, -0.2) is 4.39 Å². The molecule has 284 valence electrons. The number of carbonyl (C=O) groups is 4. The molecule has 1 atom stereocenters. The van der Waals surface area contributed by atoms with Crippen molar-refractivity contribution in [1.82, 2.24) is 40.1 Å². The SMILES string of the molecule is O=C(N[C@@H](Cc1cccc(F)c1)CN1C(=O)c2ccccc2C1=O)c1ccnc(C(=O)NCCCn2cc(Cn3c(-c4ccccc4)cc4ccccc43)nn2)c1. The highest BCUT2D eigenvalue weighted by Crippen LogP contribution is 2.29. The lowest BCUT2D eigenvalue weighted by molar-refractivity contribution is 0.0628. The molecule has 0 saturated carbocycles.